The summed E-state index contributed by atoms with van der Waals surface area (Å²) in [5.74, 6) is 1.56. The molecule has 0 bridgehead atoms. The van der Waals surface area contributed by atoms with Crippen molar-refractivity contribution < 1.29 is 9.84 Å². The number of benzene rings is 4. The molecule has 5 aromatic rings. The first-order valence-corrected chi connectivity index (χ1v) is 8.84. The average Bonchev–Trinajstić information content (AvgIpc) is 3.22. The Morgan fingerprint density at radius 1 is 0.667 bits per heavy atom. The summed E-state index contributed by atoms with van der Waals surface area (Å²) in [6.07, 6.45) is 3.84. The number of fused-ring (bicyclic) bond motifs is 2. The lowest BCUT2D eigenvalue weighted by atomic mass is 10.1. The fraction of sp³-hybridized carbons (Fsp3) is 0. The number of phenols is 1. The van der Waals surface area contributed by atoms with Crippen molar-refractivity contribution in [2.75, 3.05) is 0 Å². The second-order valence-electron chi connectivity index (χ2n) is 6.49. The first-order chi connectivity index (χ1) is 13.3. The molecule has 0 aliphatic carbocycles. The Hall–Kier alpha value is -3.72. The molecule has 0 aliphatic rings. The summed E-state index contributed by atoms with van der Waals surface area (Å²) in [5.41, 5.74) is 0.751. The van der Waals surface area contributed by atoms with Gasteiger partial charge in [0.05, 0.1) is 5.69 Å². The summed E-state index contributed by atoms with van der Waals surface area (Å²) in [4.78, 5) is 0. The van der Waals surface area contributed by atoms with E-state index in [0.29, 0.717) is 5.75 Å². The minimum Gasteiger partial charge on any atom is -0.506 e. The fourth-order valence-corrected chi connectivity index (χ4v) is 3.51. The van der Waals surface area contributed by atoms with E-state index < -0.39 is 0 Å². The van der Waals surface area contributed by atoms with Crippen LogP contribution in [0.1, 0.15) is 0 Å². The van der Waals surface area contributed by atoms with Crippen LogP contribution in [0.2, 0.25) is 0 Å². The predicted octanol–water partition coefficient (Wildman–Crippen LogP) is 6.28. The minimum absolute atomic E-state index is 0.181. The molecule has 0 fully saturated rings. The number of nitrogens with zero attached hydrogens (tertiary/aromatic N) is 1. The van der Waals surface area contributed by atoms with Crippen LogP contribution in [0.25, 0.3) is 27.2 Å². The third kappa shape index (κ3) is 2.70. The van der Waals surface area contributed by atoms with E-state index in [4.69, 9.17) is 4.74 Å². The molecular formula is C24H17NO2. The van der Waals surface area contributed by atoms with Gasteiger partial charge in [-0.2, -0.15) is 0 Å². The number of aromatic hydroxyl groups is 1. The second-order valence-corrected chi connectivity index (χ2v) is 6.49. The molecule has 0 spiro atoms. The van der Waals surface area contributed by atoms with Crippen molar-refractivity contribution in [1.29, 1.82) is 0 Å². The maximum atomic E-state index is 10.7. The maximum Gasteiger partial charge on any atom is 0.143 e. The molecule has 0 radical (unpaired) electrons. The minimum atomic E-state index is 0.181. The summed E-state index contributed by atoms with van der Waals surface area (Å²) in [5, 5.41) is 14.9. The first kappa shape index (κ1) is 15.5. The number of ether oxygens (including phenoxy) is 1. The smallest absolute Gasteiger partial charge is 0.143 e. The summed E-state index contributed by atoms with van der Waals surface area (Å²) < 4.78 is 8.10. The zero-order chi connectivity index (χ0) is 18.2. The molecule has 0 amide bonds. The molecule has 3 nitrogen and oxygen atoms in total. The zero-order valence-electron chi connectivity index (χ0n) is 14.5. The van der Waals surface area contributed by atoms with Gasteiger partial charge >= 0.3 is 0 Å². The number of rotatable bonds is 3. The quantitative estimate of drug-likeness (QED) is 0.415. The van der Waals surface area contributed by atoms with Crippen LogP contribution in [0.15, 0.2) is 97.3 Å². The van der Waals surface area contributed by atoms with Crippen LogP contribution in [-0.2, 0) is 0 Å². The normalized spacial score (nSPS) is 11.1. The lowest BCUT2D eigenvalue weighted by Crippen LogP contribution is -1.95. The second kappa shape index (κ2) is 6.22. The van der Waals surface area contributed by atoms with E-state index in [2.05, 4.69) is 12.1 Å². The Labute approximate surface area is 156 Å². The van der Waals surface area contributed by atoms with Gasteiger partial charge in [0.25, 0.3) is 0 Å². The van der Waals surface area contributed by atoms with Gasteiger partial charge in [0.2, 0.25) is 0 Å². The number of hydrogen-bond donors (Lipinski definition) is 1. The molecule has 3 heteroatoms. The summed E-state index contributed by atoms with van der Waals surface area (Å²) >= 11 is 0. The van der Waals surface area contributed by atoms with E-state index in [1.165, 1.54) is 5.39 Å². The lowest BCUT2D eigenvalue weighted by molar-refractivity contribution is 0.457. The van der Waals surface area contributed by atoms with E-state index in [-0.39, 0.29) is 5.75 Å². The van der Waals surface area contributed by atoms with Crippen molar-refractivity contribution in [1.82, 2.24) is 4.57 Å². The van der Waals surface area contributed by atoms with Gasteiger partial charge in [-0.3, -0.25) is 0 Å². The standard InChI is InChI=1S/C24H17NO2/c26-22-16-23(27-19-12-11-17-7-1-2-8-18(17)15-19)20-9-3-4-10-21(20)24(22)25-13-5-6-14-25/h1-16,26H. The van der Waals surface area contributed by atoms with E-state index in [9.17, 15) is 5.11 Å². The average molecular weight is 351 g/mol. The van der Waals surface area contributed by atoms with E-state index in [1.807, 2.05) is 83.7 Å². The van der Waals surface area contributed by atoms with Crippen LogP contribution in [0, 0.1) is 0 Å². The molecule has 0 unspecified atom stereocenters. The molecule has 0 saturated carbocycles. The topological polar surface area (TPSA) is 34.4 Å². The first-order valence-electron chi connectivity index (χ1n) is 8.84. The van der Waals surface area contributed by atoms with Crippen molar-refractivity contribution in [3.05, 3.63) is 97.3 Å². The van der Waals surface area contributed by atoms with Gasteiger partial charge in [0.1, 0.15) is 17.2 Å². The van der Waals surface area contributed by atoms with Crippen LogP contribution in [0.5, 0.6) is 17.2 Å². The highest BCUT2D eigenvalue weighted by Gasteiger charge is 2.14. The van der Waals surface area contributed by atoms with Crippen molar-refractivity contribution in [3.63, 3.8) is 0 Å². The summed E-state index contributed by atoms with van der Waals surface area (Å²) in [6.45, 7) is 0. The molecule has 27 heavy (non-hydrogen) atoms. The monoisotopic (exact) mass is 351 g/mol. The zero-order valence-corrected chi connectivity index (χ0v) is 14.5. The Kier molecular flexibility index (Phi) is 3.58. The van der Waals surface area contributed by atoms with Gasteiger partial charge in [-0.25, -0.2) is 0 Å². The van der Waals surface area contributed by atoms with Gasteiger partial charge in [-0.1, -0.05) is 54.6 Å². The molecule has 130 valence electrons. The highest BCUT2D eigenvalue weighted by Crippen LogP contribution is 2.39. The van der Waals surface area contributed by atoms with E-state index in [0.717, 1.165) is 27.6 Å². The van der Waals surface area contributed by atoms with Crippen LogP contribution in [0.3, 0.4) is 0 Å². The molecule has 1 heterocycles. The van der Waals surface area contributed by atoms with E-state index >= 15 is 0 Å². The fourth-order valence-electron chi connectivity index (χ4n) is 3.51. The molecular weight excluding hydrogens is 334 g/mol. The van der Waals surface area contributed by atoms with Gasteiger partial charge in [-0.15, -0.1) is 0 Å². The summed E-state index contributed by atoms with van der Waals surface area (Å²) in [7, 11) is 0. The molecule has 1 aromatic heterocycles. The molecule has 0 saturated heterocycles. The predicted molar refractivity (Wildman–Crippen MR) is 109 cm³/mol. The Morgan fingerprint density at radius 3 is 2.19 bits per heavy atom. The molecule has 4 aromatic carbocycles. The Bertz CT molecular complexity index is 1260. The van der Waals surface area contributed by atoms with Crippen LogP contribution < -0.4 is 4.74 Å². The van der Waals surface area contributed by atoms with E-state index in [1.54, 1.807) is 6.07 Å². The molecule has 0 atom stereocenters. The third-order valence-corrected chi connectivity index (χ3v) is 4.77. The summed E-state index contributed by atoms with van der Waals surface area (Å²) in [6, 6.07) is 27.7. The maximum absolute atomic E-state index is 10.7. The third-order valence-electron chi connectivity index (χ3n) is 4.77. The number of aromatic nitrogens is 1. The Morgan fingerprint density at radius 2 is 1.37 bits per heavy atom. The van der Waals surface area contributed by atoms with Crippen LogP contribution >= 0.6 is 0 Å². The van der Waals surface area contributed by atoms with Gasteiger partial charge in [0, 0.05) is 29.2 Å². The molecule has 1 N–H and O–H groups in total. The Balaban J connectivity index is 1.66. The lowest BCUT2D eigenvalue weighted by Gasteiger charge is -2.15. The highest BCUT2D eigenvalue weighted by molar-refractivity contribution is 5.97. The molecule has 0 aliphatic heterocycles. The largest absolute Gasteiger partial charge is 0.506 e. The van der Waals surface area contributed by atoms with Gasteiger partial charge in [0.15, 0.2) is 0 Å². The van der Waals surface area contributed by atoms with Crippen LogP contribution in [-0.4, -0.2) is 9.67 Å². The highest BCUT2D eigenvalue weighted by atomic mass is 16.5. The SMILES string of the molecule is Oc1cc(Oc2ccc3ccccc3c2)c2ccccc2c1-n1cccc1. The van der Waals surface area contributed by atoms with Crippen molar-refractivity contribution in [2.24, 2.45) is 0 Å². The van der Waals surface area contributed by atoms with Gasteiger partial charge in [-0.05, 0) is 35.0 Å². The van der Waals surface area contributed by atoms with Crippen molar-refractivity contribution >= 4 is 21.5 Å². The van der Waals surface area contributed by atoms with Crippen molar-refractivity contribution in [2.45, 2.75) is 0 Å². The van der Waals surface area contributed by atoms with Crippen molar-refractivity contribution in [3.8, 4) is 22.9 Å². The number of hydrogen-bond acceptors (Lipinski definition) is 2. The van der Waals surface area contributed by atoms with Crippen LogP contribution in [0.4, 0.5) is 0 Å². The molecule has 5 rings (SSSR count). The van der Waals surface area contributed by atoms with Gasteiger partial charge < -0.3 is 14.4 Å². The number of phenolic OH excluding ortho intramolecular Hbond substituents is 1.